The minimum atomic E-state index is 0.603. The van der Waals surface area contributed by atoms with Crippen molar-refractivity contribution in [3.05, 3.63) is 59.7 Å². The minimum Gasteiger partial charge on any atom is -0.183 e. The summed E-state index contributed by atoms with van der Waals surface area (Å²) in [7, 11) is 0. The molecule has 96 valence electrons. The van der Waals surface area contributed by atoms with E-state index in [1.165, 1.54) is 22.3 Å². The number of rotatable bonds is 2. The van der Waals surface area contributed by atoms with Crippen molar-refractivity contribution in [2.45, 2.75) is 26.7 Å². The normalized spacial score (nSPS) is 9.89. The molecule has 0 nitrogen and oxygen atoms in total. The lowest BCUT2D eigenvalue weighted by molar-refractivity contribution is 0.867. The summed E-state index contributed by atoms with van der Waals surface area (Å²) in [5.41, 5.74) is 5.31. The SMILES string of the molecule is CS.Cc1cccc(-c2ccc(C(C)C)cc2)c1. The van der Waals surface area contributed by atoms with Gasteiger partial charge in [0.1, 0.15) is 0 Å². The van der Waals surface area contributed by atoms with Gasteiger partial charge in [0.05, 0.1) is 0 Å². The van der Waals surface area contributed by atoms with Crippen molar-refractivity contribution in [1.29, 1.82) is 0 Å². The molecule has 0 N–H and O–H groups in total. The van der Waals surface area contributed by atoms with Crippen LogP contribution < -0.4 is 0 Å². The number of benzene rings is 2. The molecular formula is C17H22S. The lowest BCUT2D eigenvalue weighted by atomic mass is 9.98. The van der Waals surface area contributed by atoms with Crippen molar-refractivity contribution in [1.82, 2.24) is 0 Å². The molecule has 0 aromatic heterocycles. The Hall–Kier alpha value is -1.21. The van der Waals surface area contributed by atoms with Gasteiger partial charge >= 0.3 is 0 Å². The maximum Gasteiger partial charge on any atom is -0.0181 e. The molecule has 0 atom stereocenters. The quantitative estimate of drug-likeness (QED) is 0.691. The molecule has 2 aromatic carbocycles. The molecule has 0 saturated carbocycles. The Bertz CT molecular complexity index is 469. The van der Waals surface area contributed by atoms with Gasteiger partial charge in [-0.2, -0.15) is 12.6 Å². The van der Waals surface area contributed by atoms with E-state index in [1.807, 2.05) is 0 Å². The third kappa shape index (κ3) is 3.92. The average Bonchev–Trinajstić information content (AvgIpc) is 2.41. The van der Waals surface area contributed by atoms with Gasteiger partial charge < -0.3 is 0 Å². The van der Waals surface area contributed by atoms with Crippen molar-refractivity contribution in [3.8, 4) is 11.1 Å². The van der Waals surface area contributed by atoms with Crippen molar-refractivity contribution >= 4 is 12.6 Å². The lowest BCUT2D eigenvalue weighted by Crippen LogP contribution is -1.86. The largest absolute Gasteiger partial charge is 0.183 e. The topological polar surface area (TPSA) is 0 Å². The molecule has 18 heavy (non-hydrogen) atoms. The van der Waals surface area contributed by atoms with Crippen molar-refractivity contribution in [2.24, 2.45) is 0 Å². The van der Waals surface area contributed by atoms with Crippen LogP contribution in [0.1, 0.15) is 30.9 Å². The Balaban J connectivity index is 0.000000771. The maximum atomic E-state index is 3.53. The second-order valence-corrected chi connectivity index (χ2v) is 4.65. The summed E-state index contributed by atoms with van der Waals surface area (Å²) < 4.78 is 0. The molecule has 0 aliphatic carbocycles. The zero-order valence-corrected chi connectivity index (χ0v) is 12.5. The predicted octanol–water partition coefficient (Wildman–Crippen LogP) is 5.33. The molecular weight excluding hydrogens is 236 g/mol. The molecule has 1 heteroatoms. The van der Waals surface area contributed by atoms with Crippen LogP contribution in [0, 0.1) is 6.92 Å². The zero-order valence-electron chi connectivity index (χ0n) is 11.6. The second kappa shape index (κ2) is 7.27. The van der Waals surface area contributed by atoms with E-state index in [0.717, 1.165) is 0 Å². The fourth-order valence-corrected chi connectivity index (χ4v) is 1.89. The zero-order chi connectivity index (χ0) is 13.5. The van der Waals surface area contributed by atoms with E-state index in [-0.39, 0.29) is 0 Å². The molecule has 2 aromatic rings. The van der Waals surface area contributed by atoms with Crippen LogP contribution in [0.3, 0.4) is 0 Å². The monoisotopic (exact) mass is 258 g/mol. The van der Waals surface area contributed by atoms with E-state index < -0.39 is 0 Å². The van der Waals surface area contributed by atoms with Crippen molar-refractivity contribution in [3.63, 3.8) is 0 Å². The minimum absolute atomic E-state index is 0.603. The van der Waals surface area contributed by atoms with Gasteiger partial charge in [0.15, 0.2) is 0 Å². The molecule has 0 bridgehead atoms. The first-order chi connectivity index (χ1) is 8.66. The first kappa shape index (κ1) is 14.8. The summed E-state index contributed by atoms with van der Waals surface area (Å²) in [5.74, 6) is 0.603. The van der Waals surface area contributed by atoms with Gasteiger partial charge in [-0.25, -0.2) is 0 Å². The van der Waals surface area contributed by atoms with Crippen LogP contribution in [0.2, 0.25) is 0 Å². The van der Waals surface area contributed by atoms with E-state index >= 15 is 0 Å². The van der Waals surface area contributed by atoms with Crippen LogP contribution in [0.4, 0.5) is 0 Å². The second-order valence-electron chi connectivity index (χ2n) is 4.65. The van der Waals surface area contributed by atoms with Gasteiger partial charge in [-0.3, -0.25) is 0 Å². The van der Waals surface area contributed by atoms with E-state index in [1.54, 1.807) is 6.26 Å². The molecule has 2 rings (SSSR count). The fourth-order valence-electron chi connectivity index (χ4n) is 1.89. The van der Waals surface area contributed by atoms with E-state index in [0.29, 0.717) is 5.92 Å². The smallest absolute Gasteiger partial charge is 0.0181 e. The van der Waals surface area contributed by atoms with Crippen LogP contribution in [0.15, 0.2) is 48.5 Å². The number of thiol groups is 1. The van der Waals surface area contributed by atoms with Crippen molar-refractivity contribution in [2.75, 3.05) is 6.26 Å². The molecule has 0 fully saturated rings. The summed E-state index contributed by atoms with van der Waals surface area (Å²) in [4.78, 5) is 0. The highest BCUT2D eigenvalue weighted by Gasteiger charge is 2.00. The van der Waals surface area contributed by atoms with Crippen molar-refractivity contribution < 1.29 is 0 Å². The summed E-state index contributed by atoms with van der Waals surface area (Å²) in [6, 6.07) is 17.5. The Morgan fingerprint density at radius 3 is 1.94 bits per heavy atom. The number of aryl methyl sites for hydroxylation is 1. The van der Waals surface area contributed by atoms with Gasteiger partial charge in [0, 0.05) is 0 Å². The fraction of sp³-hybridized carbons (Fsp3) is 0.294. The number of hydrogen-bond donors (Lipinski definition) is 1. The summed E-state index contributed by atoms with van der Waals surface area (Å²) in [6.07, 6.45) is 1.69. The van der Waals surface area contributed by atoms with Crippen LogP contribution in [0.5, 0.6) is 0 Å². The van der Waals surface area contributed by atoms with Gasteiger partial charge in [-0.1, -0.05) is 67.9 Å². The highest BCUT2D eigenvalue weighted by molar-refractivity contribution is 7.79. The molecule has 0 radical (unpaired) electrons. The third-order valence-corrected chi connectivity index (χ3v) is 2.93. The molecule has 0 aliphatic heterocycles. The first-order valence-electron chi connectivity index (χ1n) is 6.28. The Labute approximate surface area is 116 Å². The molecule has 0 amide bonds. The average molecular weight is 258 g/mol. The van der Waals surface area contributed by atoms with Gasteiger partial charge in [-0.15, -0.1) is 0 Å². The van der Waals surface area contributed by atoms with Crippen LogP contribution in [-0.2, 0) is 0 Å². The molecule has 0 aliphatic rings. The van der Waals surface area contributed by atoms with Gasteiger partial charge in [0.2, 0.25) is 0 Å². The van der Waals surface area contributed by atoms with E-state index in [9.17, 15) is 0 Å². The maximum absolute atomic E-state index is 3.53. The molecule has 0 heterocycles. The Morgan fingerprint density at radius 1 is 0.833 bits per heavy atom. The Kier molecular flexibility index (Phi) is 6.00. The third-order valence-electron chi connectivity index (χ3n) is 2.93. The summed E-state index contributed by atoms with van der Waals surface area (Å²) >= 11 is 3.53. The van der Waals surface area contributed by atoms with Crippen LogP contribution in [0.25, 0.3) is 11.1 Å². The standard InChI is InChI=1S/C16H18.CH4S/c1-12(2)14-7-9-15(10-8-14)16-6-4-5-13(3)11-16;1-2/h4-12H,1-3H3;2H,1H3. The van der Waals surface area contributed by atoms with Gasteiger partial charge in [-0.05, 0) is 35.8 Å². The van der Waals surface area contributed by atoms with Crippen LogP contribution in [-0.4, -0.2) is 6.26 Å². The van der Waals surface area contributed by atoms with Gasteiger partial charge in [0.25, 0.3) is 0 Å². The summed E-state index contributed by atoms with van der Waals surface area (Å²) in [5, 5.41) is 0. The van der Waals surface area contributed by atoms with E-state index in [2.05, 4.69) is 81.9 Å². The molecule has 0 spiro atoms. The molecule has 0 saturated heterocycles. The first-order valence-corrected chi connectivity index (χ1v) is 7.18. The lowest BCUT2D eigenvalue weighted by Gasteiger charge is -2.07. The highest BCUT2D eigenvalue weighted by Crippen LogP contribution is 2.23. The summed E-state index contributed by atoms with van der Waals surface area (Å²) in [6.45, 7) is 6.58. The predicted molar refractivity (Wildman–Crippen MR) is 85.6 cm³/mol. The Morgan fingerprint density at radius 2 is 1.44 bits per heavy atom. The number of hydrogen-bond acceptors (Lipinski definition) is 1. The van der Waals surface area contributed by atoms with Crippen LogP contribution >= 0.6 is 12.6 Å². The molecule has 0 unspecified atom stereocenters. The highest BCUT2D eigenvalue weighted by atomic mass is 32.1. The van der Waals surface area contributed by atoms with E-state index in [4.69, 9.17) is 0 Å².